The van der Waals surface area contributed by atoms with E-state index in [-0.39, 0.29) is 11.8 Å². The average Bonchev–Trinajstić information content (AvgIpc) is 3.27. The van der Waals surface area contributed by atoms with Crippen molar-refractivity contribution in [3.05, 3.63) is 34.1 Å². The van der Waals surface area contributed by atoms with E-state index < -0.39 is 18.1 Å². The number of ether oxygens (including phenoxy) is 1. The van der Waals surface area contributed by atoms with Crippen molar-refractivity contribution < 1.29 is 18.8 Å². The van der Waals surface area contributed by atoms with Gasteiger partial charge in [0.15, 0.2) is 11.9 Å². The van der Waals surface area contributed by atoms with Crippen molar-refractivity contribution in [3.8, 4) is 0 Å². The molecule has 0 aromatic carbocycles. The number of carbonyl (C=O) groups is 2. The third kappa shape index (κ3) is 3.64. The fourth-order valence-electron chi connectivity index (χ4n) is 2.76. The summed E-state index contributed by atoms with van der Waals surface area (Å²) in [6.07, 6.45) is 1.10. The number of rotatable bonds is 5. The lowest BCUT2D eigenvalue weighted by atomic mass is 10.2. The molecular weight excluding hydrogens is 330 g/mol. The number of esters is 1. The molecule has 0 radical (unpaired) electrons. The van der Waals surface area contributed by atoms with Gasteiger partial charge in [0.05, 0.1) is 6.42 Å². The first-order chi connectivity index (χ1) is 11.5. The zero-order chi connectivity index (χ0) is 17.1. The summed E-state index contributed by atoms with van der Waals surface area (Å²) in [6, 6.07) is 3.30. The van der Waals surface area contributed by atoms with E-state index in [9.17, 15) is 9.59 Å². The highest BCUT2D eigenvalue weighted by Gasteiger charge is 2.36. The Balaban J connectivity index is 1.61. The van der Waals surface area contributed by atoms with E-state index in [2.05, 4.69) is 10.1 Å². The van der Waals surface area contributed by atoms with Crippen LogP contribution in [0.1, 0.15) is 42.5 Å². The van der Waals surface area contributed by atoms with Crippen LogP contribution in [-0.4, -0.2) is 39.5 Å². The van der Waals surface area contributed by atoms with Gasteiger partial charge in [0.1, 0.15) is 6.04 Å². The van der Waals surface area contributed by atoms with Crippen molar-refractivity contribution in [1.29, 1.82) is 0 Å². The summed E-state index contributed by atoms with van der Waals surface area (Å²) in [6.45, 7) is 3.96. The van der Waals surface area contributed by atoms with Crippen molar-refractivity contribution in [2.75, 3.05) is 6.54 Å². The van der Waals surface area contributed by atoms with Crippen LogP contribution in [0.15, 0.2) is 22.0 Å². The minimum atomic E-state index is -0.631. The lowest BCUT2D eigenvalue weighted by molar-refractivity contribution is -0.158. The number of carbonyl (C=O) groups excluding carboxylic acids is 2. The minimum Gasteiger partial charge on any atom is -0.451 e. The normalized spacial score (nSPS) is 18.6. The molecule has 1 aliphatic heterocycles. The van der Waals surface area contributed by atoms with E-state index in [1.54, 1.807) is 18.7 Å². The van der Waals surface area contributed by atoms with Crippen LogP contribution >= 0.6 is 11.3 Å². The van der Waals surface area contributed by atoms with Crippen molar-refractivity contribution in [1.82, 2.24) is 15.0 Å². The van der Waals surface area contributed by atoms with Gasteiger partial charge in [-0.3, -0.25) is 4.79 Å². The number of thiophene rings is 1. The van der Waals surface area contributed by atoms with Crippen molar-refractivity contribution in [3.63, 3.8) is 0 Å². The molecule has 8 heteroatoms. The molecule has 24 heavy (non-hydrogen) atoms. The third-order valence-corrected chi connectivity index (χ3v) is 4.81. The van der Waals surface area contributed by atoms with Crippen molar-refractivity contribution >= 4 is 23.2 Å². The molecule has 0 bridgehead atoms. The molecule has 0 unspecified atom stereocenters. The molecule has 7 nitrogen and oxygen atoms in total. The highest BCUT2D eigenvalue weighted by molar-refractivity contribution is 7.10. The Hall–Kier alpha value is -2.22. The van der Waals surface area contributed by atoms with Gasteiger partial charge in [0, 0.05) is 11.4 Å². The molecule has 2 atom stereocenters. The van der Waals surface area contributed by atoms with E-state index in [1.807, 2.05) is 17.5 Å². The third-order valence-electron chi connectivity index (χ3n) is 3.93. The van der Waals surface area contributed by atoms with Crippen LogP contribution in [0, 0.1) is 6.92 Å². The summed E-state index contributed by atoms with van der Waals surface area (Å²) in [5.74, 6) is 0.283. The summed E-state index contributed by atoms with van der Waals surface area (Å²) < 4.78 is 10.4. The number of aryl methyl sites for hydroxylation is 1. The lowest BCUT2D eigenvalue weighted by Gasteiger charge is -2.24. The van der Waals surface area contributed by atoms with Crippen LogP contribution < -0.4 is 0 Å². The standard InChI is InChI=1S/C16H19N3O4S/c1-10(15-17-11(2)18-23-15)22-16(21)13-6-3-7-19(13)14(20)9-12-5-4-8-24-12/h4-5,8,10,13H,3,6-7,9H2,1-2H3/t10-,13-/m1/s1. The van der Waals surface area contributed by atoms with Crippen molar-refractivity contribution in [2.45, 2.75) is 45.3 Å². The van der Waals surface area contributed by atoms with Crippen LogP contribution in [-0.2, 0) is 20.7 Å². The first-order valence-electron chi connectivity index (χ1n) is 7.87. The maximum Gasteiger partial charge on any atom is 0.329 e. The summed E-state index contributed by atoms with van der Waals surface area (Å²) >= 11 is 1.54. The zero-order valence-electron chi connectivity index (χ0n) is 13.6. The van der Waals surface area contributed by atoms with E-state index in [0.717, 1.165) is 11.3 Å². The molecular formula is C16H19N3O4S. The summed E-state index contributed by atoms with van der Waals surface area (Å²) in [7, 11) is 0. The lowest BCUT2D eigenvalue weighted by Crippen LogP contribution is -2.42. The van der Waals surface area contributed by atoms with Gasteiger partial charge in [0.25, 0.3) is 5.89 Å². The van der Waals surface area contributed by atoms with Gasteiger partial charge in [-0.1, -0.05) is 11.2 Å². The number of aromatic nitrogens is 2. The Kier molecular flexibility index (Phi) is 4.94. The molecule has 0 N–H and O–H groups in total. The van der Waals surface area contributed by atoms with E-state index in [1.165, 1.54) is 11.3 Å². The first kappa shape index (κ1) is 16.6. The topological polar surface area (TPSA) is 85.5 Å². The Morgan fingerprint density at radius 2 is 2.38 bits per heavy atom. The Labute approximate surface area is 143 Å². The second-order valence-corrected chi connectivity index (χ2v) is 6.79. The first-order valence-corrected chi connectivity index (χ1v) is 8.75. The molecule has 2 aromatic heterocycles. The predicted molar refractivity (Wildman–Crippen MR) is 86.3 cm³/mol. The number of amides is 1. The van der Waals surface area contributed by atoms with Gasteiger partial charge in [0.2, 0.25) is 5.91 Å². The van der Waals surface area contributed by atoms with E-state index in [0.29, 0.717) is 25.2 Å². The number of nitrogens with zero attached hydrogens (tertiary/aromatic N) is 3. The maximum absolute atomic E-state index is 12.5. The molecule has 2 aromatic rings. The highest BCUT2D eigenvalue weighted by atomic mass is 32.1. The van der Waals surface area contributed by atoms with Gasteiger partial charge >= 0.3 is 5.97 Å². The van der Waals surface area contributed by atoms with Crippen LogP contribution in [0.3, 0.4) is 0 Å². The molecule has 0 aliphatic carbocycles. The van der Waals surface area contributed by atoms with Gasteiger partial charge in [-0.2, -0.15) is 4.98 Å². The minimum absolute atomic E-state index is 0.0433. The monoisotopic (exact) mass is 349 g/mol. The number of hydrogen-bond acceptors (Lipinski definition) is 7. The van der Waals surface area contributed by atoms with Gasteiger partial charge in [-0.05, 0) is 38.1 Å². The fraction of sp³-hybridized carbons (Fsp3) is 0.500. The van der Waals surface area contributed by atoms with Gasteiger partial charge in [-0.15, -0.1) is 11.3 Å². The molecule has 1 amide bonds. The molecule has 0 spiro atoms. The summed E-state index contributed by atoms with van der Waals surface area (Å²) in [5, 5.41) is 5.62. The van der Waals surface area contributed by atoms with E-state index >= 15 is 0 Å². The number of hydrogen-bond donors (Lipinski definition) is 0. The Bertz CT molecular complexity index is 713. The molecule has 3 heterocycles. The second kappa shape index (κ2) is 7.12. The SMILES string of the molecule is Cc1noc([C@@H](C)OC(=O)[C@H]2CCCN2C(=O)Cc2cccs2)n1. The predicted octanol–water partition coefficient (Wildman–Crippen LogP) is 2.28. The quantitative estimate of drug-likeness (QED) is 0.770. The average molecular weight is 349 g/mol. The second-order valence-electron chi connectivity index (χ2n) is 5.76. The van der Waals surface area contributed by atoms with Crippen molar-refractivity contribution in [2.24, 2.45) is 0 Å². The maximum atomic E-state index is 12.5. The smallest absolute Gasteiger partial charge is 0.329 e. The Morgan fingerprint density at radius 1 is 1.54 bits per heavy atom. The molecule has 1 fully saturated rings. The van der Waals surface area contributed by atoms with E-state index in [4.69, 9.17) is 9.26 Å². The van der Waals surface area contributed by atoms with Crippen LogP contribution in [0.25, 0.3) is 0 Å². The fourth-order valence-corrected chi connectivity index (χ4v) is 3.45. The van der Waals surface area contributed by atoms with Crippen LogP contribution in [0.5, 0.6) is 0 Å². The largest absolute Gasteiger partial charge is 0.451 e. The van der Waals surface area contributed by atoms with Gasteiger partial charge in [-0.25, -0.2) is 4.79 Å². The number of likely N-dealkylation sites (tertiary alicyclic amines) is 1. The van der Waals surface area contributed by atoms with Crippen LogP contribution in [0.4, 0.5) is 0 Å². The molecule has 3 rings (SSSR count). The summed E-state index contributed by atoms with van der Waals surface area (Å²) in [4.78, 5) is 31.6. The molecule has 128 valence electrons. The van der Waals surface area contributed by atoms with Crippen LogP contribution in [0.2, 0.25) is 0 Å². The van der Waals surface area contributed by atoms with Gasteiger partial charge < -0.3 is 14.2 Å². The highest BCUT2D eigenvalue weighted by Crippen LogP contribution is 2.24. The summed E-state index contributed by atoms with van der Waals surface area (Å²) in [5.41, 5.74) is 0. The molecule has 1 aliphatic rings. The molecule has 0 saturated carbocycles. The Morgan fingerprint density at radius 3 is 3.04 bits per heavy atom. The zero-order valence-corrected chi connectivity index (χ0v) is 14.4. The molecule has 1 saturated heterocycles.